The molecule has 0 saturated heterocycles. The highest BCUT2D eigenvalue weighted by molar-refractivity contribution is 7.47. The summed E-state index contributed by atoms with van der Waals surface area (Å²) in [6.07, 6.45) is 57.3. The summed E-state index contributed by atoms with van der Waals surface area (Å²) in [7, 11) is 1.51. The summed E-state index contributed by atoms with van der Waals surface area (Å²) in [6.45, 7) is 7.03. The second-order valence-corrected chi connectivity index (χ2v) is 23.0. The topological polar surface area (TPSA) is 111 Å². The molecule has 0 aromatic carbocycles. The number of phosphoric acid groups is 1. The molecular formula is C59H116N2O7P+. The third kappa shape index (κ3) is 51.2. The van der Waals surface area contributed by atoms with Crippen LogP contribution in [-0.2, 0) is 27.9 Å². The van der Waals surface area contributed by atoms with E-state index in [-0.39, 0.29) is 25.1 Å². The number of esters is 1. The Morgan fingerprint density at radius 3 is 1.23 bits per heavy atom. The number of hydrogen-bond acceptors (Lipinski definition) is 6. The van der Waals surface area contributed by atoms with Gasteiger partial charge in [0.1, 0.15) is 19.3 Å². The van der Waals surface area contributed by atoms with Crippen LogP contribution in [0.1, 0.15) is 290 Å². The molecule has 408 valence electrons. The Bertz CT molecular complexity index is 1240. The van der Waals surface area contributed by atoms with Gasteiger partial charge in [0.15, 0.2) is 0 Å². The number of carbonyl (C=O) groups is 2. The van der Waals surface area contributed by atoms with Crippen molar-refractivity contribution >= 4 is 19.7 Å². The number of nitrogens with zero attached hydrogens (tertiary/aromatic N) is 1. The number of allylic oxidation sites excluding steroid dienone is 3. The van der Waals surface area contributed by atoms with E-state index in [1.54, 1.807) is 0 Å². The molecule has 0 aliphatic carbocycles. The van der Waals surface area contributed by atoms with Crippen LogP contribution in [0.4, 0.5) is 0 Å². The minimum absolute atomic E-state index is 0.0427. The van der Waals surface area contributed by atoms with E-state index >= 15 is 0 Å². The second kappa shape index (κ2) is 50.0. The highest BCUT2D eigenvalue weighted by atomic mass is 31.2. The minimum Gasteiger partial charge on any atom is -0.456 e. The Balaban J connectivity index is 5.32. The number of hydrogen-bond donors (Lipinski definition) is 2. The largest absolute Gasteiger partial charge is 0.472 e. The third-order valence-corrected chi connectivity index (χ3v) is 14.4. The molecule has 0 radical (unpaired) electrons. The molecule has 0 aromatic rings. The van der Waals surface area contributed by atoms with Gasteiger partial charge in [0, 0.05) is 12.8 Å². The molecule has 10 heteroatoms. The van der Waals surface area contributed by atoms with Gasteiger partial charge in [-0.1, -0.05) is 244 Å². The monoisotopic (exact) mass is 996 g/mol. The fraction of sp³-hybridized carbons (Fsp3) is 0.898. The predicted octanol–water partition coefficient (Wildman–Crippen LogP) is 17.8. The maximum atomic E-state index is 13.5. The van der Waals surface area contributed by atoms with Crippen LogP contribution in [0.3, 0.4) is 0 Å². The molecule has 0 bridgehead atoms. The Labute approximate surface area is 428 Å². The number of quaternary nitrogens is 1. The zero-order chi connectivity index (χ0) is 50.8. The van der Waals surface area contributed by atoms with Gasteiger partial charge in [-0.2, -0.15) is 0 Å². The molecule has 2 N–H and O–H groups in total. The maximum Gasteiger partial charge on any atom is 0.472 e. The van der Waals surface area contributed by atoms with Gasteiger partial charge in [0.25, 0.3) is 0 Å². The van der Waals surface area contributed by atoms with Gasteiger partial charge in [-0.25, -0.2) is 4.57 Å². The third-order valence-electron chi connectivity index (χ3n) is 13.4. The van der Waals surface area contributed by atoms with Crippen molar-refractivity contribution in [2.24, 2.45) is 0 Å². The van der Waals surface area contributed by atoms with Crippen molar-refractivity contribution in [2.75, 3.05) is 40.9 Å². The number of phosphoric ester groups is 1. The van der Waals surface area contributed by atoms with Crippen LogP contribution in [0.5, 0.6) is 0 Å². The SMILES string of the molecule is CCCCCCCC/C=C/CCCCCCCCCC(=O)NC(COP(=O)(O)OCC[N+](C)(C)C)C(/C=C/CCCCCCCCCCCCC)OC(=O)CCCCCCCCCCCCCCC. The Morgan fingerprint density at radius 1 is 0.493 bits per heavy atom. The zero-order valence-electron chi connectivity index (χ0n) is 46.6. The fourth-order valence-corrected chi connectivity index (χ4v) is 9.50. The van der Waals surface area contributed by atoms with E-state index in [1.165, 1.54) is 199 Å². The number of unbranched alkanes of at least 4 members (excludes halogenated alkanes) is 36. The van der Waals surface area contributed by atoms with Crippen LogP contribution in [0.25, 0.3) is 0 Å². The summed E-state index contributed by atoms with van der Waals surface area (Å²) in [5.74, 6) is -0.497. The molecule has 0 aliphatic heterocycles. The second-order valence-electron chi connectivity index (χ2n) is 21.5. The standard InChI is InChI=1S/C59H115N2O7P/c1-7-10-13-16-19-22-25-28-29-30-31-34-36-39-42-45-48-51-58(62)60-56(55-67-69(64,65)66-54-53-61(4,5)6)57(50-47-44-41-38-35-32-26-23-20-17-14-11-8-2)68-59(63)52-49-46-43-40-37-33-27-24-21-18-15-12-9-3/h28-29,47,50,56-57H,7-27,30-46,48-49,51-55H2,1-6H3,(H-,60,62,64,65)/p+1/b29-28+,50-47+. The Kier molecular flexibility index (Phi) is 48.9. The number of carbonyl (C=O) groups excluding carboxylic acids is 2. The number of ether oxygens (including phenoxy) is 1. The van der Waals surface area contributed by atoms with E-state index < -0.39 is 20.0 Å². The van der Waals surface area contributed by atoms with E-state index in [0.29, 0.717) is 23.9 Å². The van der Waals surface area contributed by atoms with Crippen LogP contribution in [-0.4, -0.2) is 74.3 Å². The maximum absolute atomic E-state index is 13.5. The van der Waals surface area contributed by atoms with Gasteiger partial charge in [-0.15, -0.1) is 0 Å². The van der Waals surface area contributed by atoms with Crippen molar-refractivity contribution in [1.82, 2.24) is 5.32 Å². The number of nitrogens with one attached hydrogen (secondary N) is 1. The summed E-state index contributed by atoms with van der Waals surface area (Å²) in [6, 6.07) is -0.844. The summed E-state index contributed by atoms with van der Waals surface area (Å²) < 4.78 is 30.6. The molecule has 0 aromatic heterocycles. The van der Waals surface area contributed by atoms with Crippen LogP contribution < -0.4 is 5.32 Å². The Hall–Kier alpha value is -1.51. The highest BCUT2D eigenvalue weighted by Gasteiger charge is 2.30. The molecule has 1 amide bonds. The molecule has 9 nitrogen and oxygen atoms in total. The lowest BCUT2D eigenvalue weighted by Crippen LogP contribution is -2.47. The van der Waals surface area contributed by atoms with Gasteiger partial charge >= 0.3 is 13.8 Å². The quantitative estimate of drug-likeness (QED) is 0.0205. The lowest BCUT2D eigenvalue weighted by Gasteiger charge is -2.27. The first kappa shape index (κ1) is 67.5. The molecule has 0 spiro atoms. The van der Waals surface area contributed by atoms with Crippen molar-refractivity contribution in [3.8, 4) is 0 Å². The van der Waals surface area contributed by atoms with Gasteiger partial charge in [0.2, 0.25) is 5.91 Å². The van der Waals surface area contributed by atoms with Crippen LogP contribution in [0.2, 0.25) is 0 Å². The smallest absolute Gasteiger partial charge is 0.456 e. The molecule has 0 heterocycles. The minimum atomic E-state index is -4.44. The first-order valence-electron chi connectivity index (χ1n) is 29.7. The van der Waals surface area contributed by atoms with E-state index in [0.717, 1.165) is 57.8 Å². The van der Waals surface area contributed by atoms with Gasteiger partial charge in [-0.05, 0) is 57.4 Å². The van der Waals surface area contributed by atoms with E-state index in [1.807, 2.05) is 33.3 Å². The first-order chi connectivity index (χ1) is 33.4. The van der Waals surface area contributed by atoms with E-state index in [2.05, 4.69) is 38.2 Å². The molecule has 69 heavy (non-hydrogen) atoms. The summed E-state index contributed by atoms with van der Waals surface area (Å²) in [5.41, 5.74) is 0. The van der Waals surface area contributed by atoms with Crippen molar-refractivity contribution in [2.45, 2.75) is 303 Å². The summed E-state index contributed by atoms with van der Waals surface area (Å²) >= 11 is 0. The van der Waals surface area contributed by atoms with Crippen molar-refractivity contribution in [3.05, 3.63) is 24.3 Å². The highest BCUT2D eigenvalue weighted by Crippen LogP contribution is 2.43. The molecule has 3 unspecified atom stereocenters. The first-order valence-corrected chi connectivity index (χ1v) is 31.2. The lowest BCUT2D eigenvalue weighted by atomic mass is 10.0. The summed E-state index contributed by atoms with van der Waals surface area (Å²) in [5, 5.41) is 3.05. The number of likely N-dealkylation sites (N-methyl/N-ethyl adjacent to an activating group) is 1. The van der Waals surface area contributed by atoms with Crippen LogP contribution in [0.15, 0.2) is 24.3 Å². The fourth-order valence-electron chi connectivity index (χ4n) is 8.76. The molecule has 3 atom stereocenters. The average Bonchev–Trinajstić information content (AvgIpc) is 3.31. The van der Waals surface area contributed by atoms with Gasteiger partial charge < -0.3 is 19.4 Å². The van der Waals surface area contributed by atoms with Gasteiger partial charge in [-0.3, -0.25) is 18.6 Å². The predicted molar refractivity (Wildman–Crippen MR) is 296 cm³/mol. The van der Waals surface area contributed by atoms with Crippen LogP contribution in [0, 0.1) is 0 Å². The number of amides is 1. The number of rotatable bonds is 54. The molecule has 0 rings (SSSR count). The van der Waals surface area contributed by atoms with E-state index in [4.69, 9.17) is 13.8 Å². The molecular weight excluding hydrogens is 880 g/mol. The molecule has 0 saturated carbocycles. The Morgan fingerprint density at radius 2 is 0.841 bits per heavy atom. The molecule has 0 fully saturated rings. The zero-order valence-corrected chi connectivity index (χ0v) is 47.5. The normalized spacial score (nSPS) is 13.9. The van der Waals surface area contributed by atoms with E-state index in [9.17, 15) is 19.0 Å². The summed E-state index contributed by atoms with van der Waals surface area (Å²) in [4.78, 5) is 37.6. The van der Waals surface area contributed by atoms with Crippen LogP contribution >= 0.6 is 7.82 Å². The average molecular weight is 997 g/mol. The van der Waals surface area contributed by atoms with Crippen molar-refractivity contribution in [1.29, 1.82) is 0 Å². The van der Waals surface area contributed by atoms with Crippen molar-refractivity contribution in [3.63, 3.8) is 0 Å². The van der Waals surface area contributed by atoms with Crippen molar-refractivity contribution < 1.29 is 37.3 Å². The van der Waals surface area contributed by atoms with Gasteiger partial charge in [0.05, 0.1) is 33.8 Å². The molecule has 0 aliphatic rings. The lowest BCUT2D eigenvalue weighted by molar-refractivity contribution is -0.870.